The van der Waals surface area contributed by atoms with Gasteiger partial charge in [-0.1, -0.05) is 0 Å². The van der Waals surface area contributed by atoms with Crippen molar-refractivity contribution >= 4 is 33.1 Å². The van der Waals surface area contributed by atoms with Gasteiger partial charge in [0.15, 0.2) is 0 Å². The number of anilines is 1. The normalized spacial score (nSPS) is 11.2. The molecule has 0 unspecified atom stereocenters. The first-order chi connectivity index (χ1) is 7.79. The van der Waals surface area contributed by atoms with Crippen LogP contribution in [0.15, 0.2) is 6.20 Å². The molecule has 1 aromatic rings. The zero-order valence-electron chi connectivity index (χ0n) is 8.33. The minimum absolute atomic E-state index is 0.118. The molecule has 0 bridgehead atoms. The Hall–Kier alpha value is -1.52. The molecule has 1 aromatic heterocycles. The lowest BCUT2D eigenvalue weighted by Gasteiger charge is -2.04. The highest BCUT2D eigenvalue weighted by Crippen LogP contribution is 2.21. The van der Waals surface area contributed by atoms with Gasteiger partial charge in [-0.05, 0) is 11.6 Å². The molecule has 0 radical (unpaired) electrons. The van der Waals surface area contributed by atoms with E-state index in [-0.39, 0.29) is 23.4 Å². The number of halogens is 1. The van der Waals surface area contributed by atoms with Crippen LogP contribution in [0.5, 0.6) is 0 Å². The number of hydrogen-bond donors (Lipinski definition) is 2. The van der Waals surface area contributed by atoms with Gasteiger partial charge in [0, 0.05) is 6.54 Å². The number of nitrogens with two attached hydrogens (primary N) is 1. The highest BCUT2D eigenvalue weighted by molar-refractivity contribution is 7.89. The van der Waals surface area contributed by atoms with E-state index in [0.29, 0.717) is 0 Å². The summed E-state index contributed by atoms with van der Waals surface area (Å²) in [5.41, 5.74) is -0.399. The number of nitrogens with one attached hydrogen (secondary N) is 1. The first kappa shape index (κ1) is 13.5. The topological polar surface area (TPSA) is 141 Å². The van der Waals surface area contributed by atoms with E-state index in [1.165, 1.54) is 0 Å². The van der Waals surface area contributed by atoms with E-state index in [9.17, 15) is 18.5 Å². The maximum atomic E-state index is 10.7. The number of hydrogen-bond acceptors (Lipinski definition) is 7. The Balaban J connectivity index is 2.82. The van der Waals surface area contributed by atoms with Crippen LogP contribution in [-0.4, -0.2) is 35.6 Å². The first-order valence-corrected chi connectivity index (χ1v) is 6.30. The summed E-state index contributed by atoms with van der Waals surface area (Å²) in [7, 11) is -3.65. The highest BCUT2D eigenvalue weighted by Gasteiger charge is 2.16. The molecule has 0 saturated heterocycles. The third-order valence-electron chi connectivity index (χ3n) is 1.62. The molecule has 0 aliphatic heterocycles. The van der Waals surface area contributed by atoms with Crippen molar-refractivity contribution in [3.05, 3.63) is 21.6 Å². The predicted molar refractivity (Wildman–Crippen MR) is 60.2 cm³/mol. The van der Waals surface area contributed by atoms with Gasteiger partial charge in [0.25, 0.3) is 0 Å². The molecule has 0 aromatic carbocycles. The Kier molecular flexibility index (Phi) is 4.15. The third kappa shape index (κ3) is 4.46. The van der Waals surface area contributed by atoms with Crippen molar-refractivity contribution in [2.45, 2.75) is 0 Å². The summed E-state index contributed by atoms with van der Waals surface area (Å²) in [5, 5.41) is 17.6. The molecule has 0 amide bonds. The summed E-state index contributed by atoms with van der Waals surface area (Å²) in [6, 6.07) is 0. The highest BCUT2D eigenvalue weighted by atomic mass is 35.5. The van der Waals surface area contributed by atoms with Crippen LogP contribution in [0.4, 0.5) is 11.5 Å². The minimum atomic E-state index is -3.65. The fourth-order valence-corrected chi connectivity index (χ4v) is 1.45. The fourth-order valence-electron chi connectivity index (χ4n) is 0.929. The Bertz CT molecular complexity index is 533. The van der Waals surface area contributed by atoms with Crippen molar-refractivity contribution in [2.75, 3.05) is 17.6 Å². The Morgan fingerprint density at radius 3 is 2.76 bits per heavy atom. The molecule has 3 N–H and O–H groups in total. The van der Waals surface area contributed by atoms with E-state index in [4.69, 9.17) is 16.7 Å². The Morgan fingerprint density at radius 1 is 1.59 bits per heavy atom. The summed E-state index contributed by atoms with van der Waals surface area (Å²) in [4.78, 5) is 16.9. The average Bonchev–Trinajstić information content (AvgIpc) is 2.15. The number of rotatable bonds is 5. The molecule has 9 nitrogen and oxygen atoms in total. The number of primary sulfonamides is 1. The third-order valence-corrected chi connectivity index (χ3v) is 2.57. The molecule has 17 heavy (non-hydrogen) atoms. The van der Waals surface area contributed by atoms with Crippen LogP contribution in [0, 0.1) is 10.1 Å². The summed E-state index contributed by atoms with van der Waals surface area (Å²) < 4.78 is 21.3. The van der Waals surface area contributed by atoms with E-state index in [2.05, 4.69) is 15.3 Å². The van der Waals surface area contributed by atoms with E-state index < -0.39 is 20.6 Å². The van der Waals surface area contributed by atoms with E-state index in [0.717, 1.165) is 6.20 Å². The van der Waals surface area contributed by atoms with Gasteiger partial charge < -0.3 is 5.32 Å². The standard InChI is InChI=1S/C6H8ClN5O4S/c7-6-10-3-4(12(13)14)5(11-6)9-1-2-17(8,15)16/h3H,1-2H2,(H2,8,15,16)(H,9,10,11). The largest absolute Gasteiger partial charge is 0.363 e. The van der Waals surface area contributed by atoms with Crippen LogP contribution in [-0.2, 0) is 10.0 Å². The maximum Gasteiger partial charge on any atom is 0.329 e. The summed E-state index contributed by atoms with van der Waals surface area (Å²) >= 11 is 5.46. The van der Waals surface area contributed by atoms with Gasteiger partial charge in [-0.15, -0.1) is 0 Å². The van der Waals surface area contributed by atoms with Crippen LogP contribution in [0.3, 0.4) is 0 Å². The molecule has 0 aliphatic carbocycles. The lowest BCUT2D eigenvalue weighted by molar-refractivity contribution is -0.384. The van der Waals surface area contributed by atoms with Crippen molar-refractivity contribution in [1.29, 1.82) is 0 Å². The maximum absolute atomic E-state index is 10.7. The molecule has 1 rings (SSSR count). The van der Waals surface area contributed by atoms with Crippen molar-refractivity contribution in [2.24, 2.45) is 5.14 Å². The van der Waals surface area contributed by atoms with E-state index in [1.807, 2.05) is 0 Å². The SMILES string of the molecule is NS(=O)(=O)CCNc1nc(Cl)ncc1[N+](=O)[O-]. The van der Waals surface area contributed by atoms with E-state index >= 15 is 0 Å². The fraction of sp³-hybridized carbons (Fsp3) is 0.333. The second-order valence-corrected chi connectivity index (χ2v) is 5.00. The molecule has 94 valence electrons. The zero-order chi connectivity index (χ0) is 13.1. The average molecular weight is 282 g/mol. The second-order valence-electron chi connectivity index (χ2n) is 2.92. The Morgan fingerprint density at radius 2 is 2.24 bits per heavy atom. The molecule has 0 saturated carbocycles. The monoisotopic (exact) mass is 281 g/mol. The summed E-state index contributed by atoms with van der Waals surface area (Å²) in [6.45, 7) is -0.118. The summed E-state index contributed by atoms with van der Waals surface area (Å²) in [6.07, 6.45) is 0.925. The first-order valence-electron chi connectivity index (χ1n) is 4.21. The van der Waals surface area contributed by atoms with E-state index in [1.54, 1.807) is 0 Å². The zero-order valence-corrected chi connectivity index (χ0v) is 9.90. The molecular weight excluding hydrogens is 274 g/mol. The molecule has 1 heterocycles. The molecule has 0 spiro atoms. The van der Waals surface area contributed by atoms with Gasteiger partial charge in [-0.2, -0.15) is 4.98 Å². The Labute approximate surface area is 101 Å². The number of nitrogens with zero attached hydrogens (tertiary/aromatic N) is 3. The lowest BCUT2D eigenvalue weighted by Crippen LogP contribution is -2.23. The van der Waals surface area contributed by atoms with Gasteiger partial charge in [-0.25, -0.2) is 18.5 Å². The van der Waals surface area contributed by atoms with Gasteiger partial charge in [0.05, 0.1) is 10.7 Å². The van der Waals surface area contributed by atoms with Gasteiger partial charge in [-0.3, -0.25) is 10.1 Å². The van der Waals surface area contributed by atoms with Gasteiger partial charge >= 0.3 is 5.69 Å². The molecule has 0 aliphatic rings. The van der Waals surface area contributed by atoms with Crippen molar-refractivity contribution in [1.82, 2.24) is 9.97 Å². The summed E-state index contributed by atoms with van der Waals surface area (Å²) in [5.74, 6) is -0.537. The smallest absolute Gasteiger partial charge is 0.329 e. The molecule has 0 fully saturated rings. The van der Waals surface area contributed by atoms with Crippen LogP contribution in [0.1, 0.15) is 0 Å². The predicted octanol–water partition coefficient (Wildman–Crippen LogP) is -0.261. The van der Waals surface area contributed by atoms with Crippen LogP contribution >= 0.6 is 11.6 Å². The van der Waals surface area contributed by atoms with Crippen LogP contribution in [0.25, 0.3) is 0 Å². The van der Waals surface area contributed by atoms with Gasteiger partial charge in [0.2, 0.25) is 21.1 Å². The van der Waals surface area contributed by atoms with Gasteiger partial charge in [0.1, 0.15) is 6.20 Å². The number of sulfonamides is 1. The minimum Gasteiger partial charge on any atom is -0.363 e. The quantitative estimate of drug-likeness (QED) is 0.430. The lowest BCUT2D eigenvalue weighted by atomic mass is 10.5. The molecule has 0 atom stereocenters. The van der Waals surface area contributed by atoms with Crippen LogP contribution in [0.2, 0.25) is 5.28 Å². The molecular formula is C6H8ClN5O4S. The number of aromatic nitrogens is 2. The van der Waals surface area contributed by atoms with Crippen molar-refractivity contribution in [3.8, 4) is 0 Å². The molecule has 11 heteroatoms. The van der Waals surface area contributed by atoms with Crippen LogP contribution < -0.4 is 10.5 Å². The van der Waals surface area contributed by atoms with Crippen molar-refractivity contribution < 1.29 is 13.3 Å². The number of nitro groups is 1. The second kappa shape index (κ2) is 5.21. The van der Waals surface area contributed by atoms with Crippen molar-refractivity contribution in [3.63, 3.8) is 0 Å².